The number of pyridine rings is 1. The van der Waals surface area contributed by atoms with Gasteiger partial charge in [-0.2, -0.15) is 0 Å². The van der Waals surface area contributed by atoms with Gasteiger partial charge in [-0.05, 0) is 116 Å². The monoisotopic (exact) mass is 468 g/mol. The minimum Gasteiger partial charge on any atom is -0.393 e. The van der Waals surface area contributed by atoms with Crippen molar-refractivity contribution in [3.63, 3.8) is 0 Å². The average molecular weight is 469 g/mol. The number of nitrogens with zero attached hydrogens (tertiary/aromatic N) is 1. The molecule has 5 rings (SSSR count). The van der Waals surface area contributed by atoms with E-state index in [1.54, 1.807) is 12.4 Å². The predicted molar refractivity (Wildman–Crippen MR) is 134 cm³/mol. The number of aromatic nitrogens is 1. The number of aliphatic hydroxyl groups is 2. The van der Waals surface area contributed by atoms with E-state index >= 15 is 0 Å². The Morgan fingerprint density at radius 2 is 1.97 bits per heavy atom. The van der Waals surface area contributed by atoms with Crippen molar-refractivity contribution in [1.29, 1.82) is 0 Å². The first-order valence-corrected chi connectivity index (χ1v) is 13.8. The molecule has 5 heteroatoms. The van der Waals surface area contributed by atoms with Crippen molar-refractivity contribution in [3.05, 3.63) is 24.5 Å². The third kappa shape index (κ3) is 4.01. The van der Waals surface area contributed by atoms with E-state index in [-0.39, 0.29) is 28.9 Å². The Morgan fingerprint density at radius 3 is 2.74 bits per heavy atom. The summed E-state index contributed by atoms with van der Waals surface area (Å²) in [4.78, 5) is 16.6. The van der Waals surface area contributed by atoms with Crippen LogP contribution in [0.15, 0.2) is 24.5 Å². The van der Waals surface area contributed by atoms with Gasteiger partial charge in [0.05, 0.1) is 24.1 Å². The van der Waals surface area contributed by atoms with Gasteiger partial charge in [-0.3, -0.25) is 9.78 Å². The van der Waals surface area contributed by atoms with Gasteiger partial charge in [0.1, 0.15) is 0 Å². The highest BCUT2D eigenvalue weighted by Crippen LogP contribution is 2.68. The van der Waals surface area contributed by atoms with Crippen molar-refractivity contribution in [2.75, 3.05) is 5.32 Å². The largest absolute Gasteiger partial charge is 0.393 e. The van der Waals surface area contributed by atoms with Crippen LogP contribution in [0.3, 0.4) is 0 Å². The quantitative estimate of drug-likeness (QED) is 0.538. The molecule has 1 aromatic rings. The summed E-state index contributed by atoms with van der Waals surface area (Å²) in [6, 6.07) is 3.70. The van der Waals surface area contributed by atoms with E-state index in [0.717, 1.165) is 37.8 Å². The summed E-state index contributed by atoms with van der Waals surface area (Å²) in [5.74, 6) is 3.43. The standard InChI is InChI=1S/C29H44N2O3/c1-18(6-11-27(34)31-20-5-4-14-30-17-20)23-9-10-24-22-8-7-19-15-21(32)12-13-28(19,2)25(22)16-26(33)29(23,24)3/h4-5,14,17-19,21-26,32-33H,6-13,15-16H2,1-3H3,(H,31,34)/t18-,19+,21-,22+,23+,24-,25-,26+,28+,29-/m1/s1. The van der Waals surface area contributed by atoms with Crippen molar-refractivity contribution in [3.8, 4) is 0 Å². The lowest BCUT2D eigenvalue weighted by Gasteiger charge is -2.62. The van der Waals surface area contributed by atoms with Crippen LogP contribution in [0.4, 0.5) is 5.69 Å². The Hall–Kier alpha value is -1.46. The molecule has 1 aromatic heterocycles. The maximum Gasteiger partial charge on any atom is 0.224 e. The molecule has 3 N–H and O–H groups in total. The fraction of sp³-hybridized carbons (Fsp3) is 0.793. The van der Waals surface area contributed by atoms with E-state index in [1.165, 1.54) is 25.7 Å². The lowest BCUT2D eigenvalue weighted by Crippen LogP contribution is -2.58. The number of carbonyl (C=O) groups is 1. The third-order valence-corrected chi connectivity index (χ3v) is 11.3. The normalized spacial score (nSPS) is 44.4. The van der Waals surface area contributed by atoms with Crippen molar-refractivity contribution in [2.24, 2.45) is 46.3 Å². The first kappa shape index (κ1) is 24.2. The van der Waals surface area contributed by atoms with Crippen LogP contribution >= 0.6 is 0 Å². The molecule has 5 nitrogen and oxygen atoms in total. The van der Waals surface area contributed by atoms with Crippen LogP contribution in [0.2, 0.25) is 0 Å². The summed E-state index contributed by atoms with van der Waals surface area (Å²) in [6.07, 6.45) is 13.2. The maximum atomic E-state index is 12.5. The topological polar surface area (TPSA) is 82.5 Å². The van der Waals surface area contributed by atoms with Gasteiger partial charge in [0, 0.05) is 12.6 Å². The second-order valence-electron chi connectivity index (χ2n) is 12.7. The predicted octanol–water partition coefficient (Wildman–Crippen LogP) is 5.43. The minimum atomic E-state index is -0.264. The molecule has 4 aliphatic carbocycles. The van der Waals surface area contributed by atoms with Gasteiger partial charge in [0.15, 0.2) is 0 Å². The molecule has 0 saturated heterocycles. The zero-order chi connectivity index (χ0) is 24.1. The highest BCUT2D eigenvalue weighted by atomic mass is 16.3. The van der Waals surface area contributed by atoms with Crippen LogP contribution in [-0.4, -0.2) is 33.3 Å². The van der Waals surface area contributed by atoms with Crippen molar-refractivity contribution in [2.45, 2.75) is 97.2 Å². The Morgan fingerprint density at radius 1 is 1.15 bits per heavy atom. The number of hydrogen-bond acceptors (Lipinski definition) is 4. The molecule has 188 valence electrons. The van der Waals surface area contributed by atoms with Crippen molar-refractivity contribution in [1.82, 2.24) is 4.98 Å². The van der Waals surface area contributed by atoms with E-state index in [4.69, 9.17) is 0 Å². The fourth-order valence-electron chi connectivity index (χ4n) is 9.38. The molecule has 34 heavy (non-hydrogen) atoms. The van der Waals surface area contributed by atoms with Crippen LogP contribution < -0.4 is 5.32 Å². The SMILES string of the molecule is C[C@H](CCC(=O)Nc1cccnc1)[C@@H]1CC[C@@H]2[C@@H]3CC[C@H]4C[C@H](O)CC[C@]4(C)[C@@H]3C[C@H](O)[C@@]21C. The Bertz CT molecular complexity index is 877. The summed E-state index contributed by atoms with van der Waals surface area (Å²) in [5.41, 5.74) is 0.984. The van der Waals surface area contributed by atoms with Crippen molar-refractivity contribution < 1.29 is 15.0 Å². The Balaban J connectivity index is 1.26. The Labute approximate surface area is 205 Å². The summed E-state index contributed by atoms with van der Waals surface area (Å²) in [5, 5.41) is 24.9. The fourth-order valence-corrected chi connectivity index (χ4v) is 9.38. The molecule has 4 fully saturated rings. The molecule has 0 bridgehead atoms. The molecule has 4 saturated carbocycles. The van der Waals surface area contributed by atoms with Gasteiger partial charge in [-0.15, -0.1) is 0 Å². The van der Waals surface area contributed by atoms with Gasteiger partial charge in [0.25, 0.3) is 0 Å². The minimum absolute atomic E-state index is 0.0439. The molecular formula is C29H44N2O3. The number of fused-ring (bicyclic) bond motifs is 5. The van der Waals surface area contributed by atoms with E-state index < -0.39 is 0 Å². The maximum absolute atomic E-state index is 12.5. The van der Waals surface area contributed by atoms with Gasteiger partial charge < -0.3 is 15.5 Å². The number of amides is 1. The van der Waals surface area contributed by atoms with Crippen LogP contribution in [0, 0.1) is 46.3 Å². The average Bonchev–Trinajstić information content (AvgIpc) is 3.18. The molecule has 0 unspecified atom stereocenters. The lowest BCUT2D eigenvalue weighted by atomic mass is 9.43. The second kappa shape index (κ2) is 9.20. The molecule has 10 atom stereocenters. The highest BCUT2D eigenvalue weighted by Gasteiger charge is 2.63. The molecule has 1 heterocycles. The molecule has 0 radical (unpaired) electrons. The first-order chi connectivity index (χ1) is 16.2. The molecular weight excluding hydrogens is 424 g/mol. The molecule has 0 aromatic carbocycles. The number of rotatable bonds is 5. The number of nitrogens with one attached hydrogen (secondary N) is 1. The van der Waals surface area contributed by atoms with Crippen LogP contribution in [0.25, 0.3) is 0 Å². The third-order valence-electron chi connectivity index (χ3n) is 11.3. The summed E-state index contributed by atoms with van der Waals surface area (Å²) < 4.78 is 0. The second-order valence-corrected chi connectivity index (χ2v) is 12.7. The van der Waals surface area contributed by atoms with Gasteiger partial charge in [0.2, 0.25) is 5.91 Å². The van der Waals surface area contributed by atoms with E-state index in [1.807, 2.05) is 12.1 Å². The smallest absolute Gasteiger partial charge is 0.224 e. The lowest BCUT2D eigenvalue weighted by molar-refractivity contribution is -0.174. The molecule has 0 spiro atoms. The Kier molecular flexibility index (Phi) is 6.56. The van der Waals surface area contributed by atoms with Crippen LogP contribution in [0.1, 0.15) is 85.0 Å². The zero-order valence-corrected chi connectivity index (χ0v) is 21.2. The zero-order valence-electron chi connectivity index (χ0n) is 21.2. The van der Waals surface area contributed by atoms with Crippen molar-refractivity contribution >= 4 is 11.6 Å². The number of anilines is 1. The number of carbonyl (C=O) groups excluding carboxylic acids is 1. The van der Waals surface area contributed by atoms with Gasteiger partial charge >= 0.3 is 0 Å². The molecule has 0 aliphatic heterocycles. The summed E-state index contributed by atoms with van der Waals surface area (Å²) in [6.45, 7) is 7.16. The highest BCUT2D eigenvalue weighted by molar-refractivity contribution is 5.90. The van der Waals surface area contributed by atoms with E-state index in [0.29, 0.717) is 41.9 Å². The van der Waals surface area contributed by atoms with Gasteiger partial charge in [-0.25, -0.2) is 0 Å². The number of hydrogen-bond donors (Lipinski definition) is 3. The van der Waals surface area contributed by atoms with E-state index in [2.05, 4.69) is 31.1 Å². The summed E-state index contributed by atoms with van der Waals surface area (Å²) >= 11 is 0. The molecule has 4 aliphatic rings. The molecule has 1 amide bonds. The van der Waals surface area contributed by atoms with E-state index in [9.17, 15) is 15.0 Å². The summed E-state index contributed by atoms with van der Waals surface area (Å²) in [7, 11) is 0. The number of aliphatic hydroxyl groups excluding tert-OH is 2. The first-order valence-electron chi connectivity index (χ1n) is 13.8. The van der Waals surface area contributed by atoms with Gasteiger partial charge in [-0.1, -0.05) is 20.8 Å². The van der Waals surface area contributed by atoms with Crippen LogP contribution in [-0.2, 0) is 4.79 Å². The van der Waals surface area contributed by atoms with Crippen LogP contribution in [0.5, 0.6) is 0 Å².